The topological polar surface area (TPSA) is 96.4 Å². The number of aliphatic hydroxyl groups excluding tert-OH is 1. The maximum absolute atomic E-state index is 14.1. The van der Waals surface area contributed by atoms with E-state index >= 15 is 0 Å². The van der Waals surface area contributed by atoms with Crippen LogP contribution in [0.5, 0.6) is 0 Å². The molecule has 0 saturated carbocycles. The predicted octanol–water partition coefficient (Wildman–Crippen LogP) is 1.89. The predicted molar refractivity (Wildman–Crippen MR) is 128 cm³/mol. The number of ether oxygens (including phenoxy) is 2. The fourth-order valence-electron chi connectivity index (χ4n) is 5.76. The summed E-state index contributed by atoms with van der Waals surface area (Å²) >= 11 is 3.63. The van der Waals surface area contributed by atoms with Gasteiger partial charge in [-0.1, -0.05) is 52.3 Å². The summed E-state index contributed by atoms with van der Waals surface area (Å²) in [6.07, 6.45) is 1.88. The third-order valence-corrected chi connectivity index (χ3v) is 7.86. The lowest BCUT2D eigenvalue weighted by Crippen LogP contribution is -2.56. The number of hydrogen-bond acceptors (Lipinski definition) is 6. The normalized spacial score (nSPS) is 31.4. The van der Waals surface area contributed by atoms with Gasteiger partial charge in [0.1, 0.15) is 11.6 Å². The lowest BCUT2D eigenvalue weighted by atomic mass is 9.70. The molecule has 1 aromatic rings. The molecule has 0 aromatic heterocycles. The molecular weight excluding hydrogens is 504 g/mol. The van der Waals surface area contributed by atoms with E-state index in [9.17, 15) is 19.5 Å². The van der Waals surface area contributed by atoms with Crippen molar-refractivity contribution in [1.82, 2.24) is 9.80 Å². The van der Waals surface area contributed by atoms with Gasteiger partial charge in [0.25, 0.3) is 0 Å². The molecule has 1 unspecified atom stereocenters. The average molecular weight is 535 g/mol. The van der Waals surface area contributed by atoms with Gasteiger partial charge in [-0.25, -0.2) is 0 Å². The van der Waals surface area contributed by atoms with E-state index in [2.05, 4.69) is 22.5 Å². The molecule has 1 aromatic carbocycles. The summed E-state index contributed by atoms with van der Waals surface area (Å²) in [7, 11) is 0. The molecule has 3 heterocycles. The van der Waals surface area contributed by atoms with Gasteiger partial charge in [-0.2, -0.15) is 0 Å². The van der Waals surface area contributed by atoms with E-state index in [0.29, 0.717) is 25.9 Å². The number of nitrogens with zero attached hydrogens (tertiary/aromatic N) is 2. The van der Waals surface area contributed by atoms with E-state index in [1.165, 1.54) is 4.90 Å². The van der Waals surface area contributed by atoms with Crippen LogP contribution in [0.1, 0.15) is 25.3 Å². The highest BCUT2D eigenvalue weighted by Crippen LogP contribution is 2.60. The van der Waals surface area contributed by atoms with Crippen molar-refractivity contribution in [2.24, 2.45) is 11.8 Å². The van der Waals surface area contributed by atoms with E-state index < -0.39 is 35.6 Å². The van der Waals surface area contributed by atoms with Gasteiger partial charge < -0.3 is 24.4 Å². The third-order valence-electron chi connectivity index (χ3n) is 7.02. The number of hydrogen-bond donors (Lipinski definition) is 1. The van der Waals surface area contributed by atoms with E-state index in [4.69, 9.17) is 9.47 Å². The van der Waals surface area contributed by atoms with Crippen LogP contribution in [0.3, 0.4) is 0 Å². The number of rotatable bonds is 10. The maximum Gasteiger partial charge on any atom is 0.312 e. The van der Waals surface area contributed by atoms with Crippen molar-refractivity contribution in [3.05, 3.63) is 48.6 Å². The first kappa shape index (κ1) is 24.9. The molecule has 2 amide bonds. The summed E-state index contributed by atoms with van der Waals surface area (Å²) in [5.41, 5.74) is -0.173. The molecule has 2 bridgehead atoms. The highest BCUT2D eigenvalue weighted by Gasteiger charge is 2.77. The molecule has 3 fully saturated rings. The number of esters is 1. The molecular formula is C25H31BrN2O6. The Morgan fingerprint density at radius 1 is 1.38 bits per heavy atom. The summed E-state index contributed by atoms with van der Waals surface area (Å²) < 4.78 is 11.7. The molecule has 3 saturated heterocycles. The SMILES string of the molecule is C=CCN(Cc1ccccc1)C(=O)[C@@H]1N(CCCO)C(=O)[C@H]2[C@H](C(=O)OCC)[C@H]3O[C@@]12CC3Br. The van der Waals surface area contributed by atoms with Crippen LogP contribution in [-0.2, 0) is 30.4 Å². The monoisotopic (exact) mass is 534 g/mol. The van der Waals surface area contributed by atoms with Gasteiger partial charge in [-0.3, -0.25) is 14.4 Å². The molecule has 0 aliphatic carbocycles. The zero-order valence-corrected chi connectivity index (χ0v) is 20.9. The van der Waals surface area contributed by atoms with Gasteiger partial charge >= 0.3 is 5.97 Å². The molecule has 1 N–H and O–H groups in total. The minimum atomic E-state index is -1.13. The van der Waals surface area contributed by atoms with Gasteiger partial charge in [0.2, 0.25) is 11.8 Å². The Morgan fingerprint density at radius 3 is 2.76 bits per heavy atom. The molecule has 0 radical (unpaired) electrons. The minimum absolute atomic E-state index is 0.116. The lowest BCUT2D eigenvalue weighted by molar-refractivity contribution is -0.155. The van der Waals surface area contributed by atoms with Crippen LogP contribution >= 0.6 is 15.9 Å². The molecule has 9 heteroatoms. The van der Waals surface area contributed by atoms with Gasteiger partial charge in [-0.05, 0) is 25.3 Å². The van der Waals surface area contributed by atoms with Crippen LogP contribution in [0.15, 0.2) is 43.0 Å². The fourth-order valence-corrected chi connectivity index (χ4v) is 6.71. The summed E-state index contributed by atoms with van der Waals surface area (Å²) in [6, 6.07) is 8.72. The molecule has 4 rings (SSSR count). The van der Waals surface area contributed by atoms with Crippen molar-refractivity contribution in [1.29, 1.82) is 0 Å². The second kappa shape index (κ2) is 10.2. The molecule has 6 atom stereocenters. The molecule has 184 valence electrons. The van der Waals surface area contributed by atoms with Gasteiger partial charge in [0.05, 0.1) is 24.5 Å². The molecule has 3 aliphatic rings. The van der Waals surface area contributed by atoms with Gasteiger partial charge in [0, 0.05) is 31.1 Å². The van der Waals surface area contributed by atoms with Crippen molar-refractivity contribution < 1.29 is 29.0 Å². The van der Waals surface area contributed by atoms with Crippen LogP contribution in [0.4, 0.5) is 0 Å². The number of benzene rings is 1. The maximum atomic E-state index is 14.1. The van der Waals surface area contributed by atoms with Crippen molar-refractivity contribution >= 4 is 33.7 Å². The zero-order chi connectivity index (χ0) is 24.5. The zero-order valence-electron chi connectivity index (χ0n) is 19.3. The summed E-state index contributed by atoms with van der Waals surface area (Å²) in [5, 5.41) is 9.45. The Kier molecular flexibility index (Phi) is 7.45. The number of aliphatic hydroxyl groups is 1. The smallest absolute Gasteiger partial charge is 0.312 e. The van der Waals surface area contributed by atoms with Crippen molar-refractivity contribution in [3.8, 4) is 0 Å². The summed E-state index contributed by atoms with van der Waals surface area (Å²) in [5.74, 6) is -2.57. The number of carbonyl (C=O) groups is 3. The van der Waals surface area contributed by atoms with E-state index in [0.717, 1.165) is 5.56 Å². The number of fused-ring (bicyclic) bond motifs is 1. The quantitative estimate of drug-likeness (QED) is 0.280. The highest BCUT2D eigenvalue weighted by molar-refractivity contribution is 9.09. The first-order valence-corrected chi connectivity index (χ1v) is 12.6. The van der Waals surface area contributed by atoms with Gasteiger partial charge in [-0.15, -0.1) is 6.58 Å². The van der Waals surface area contributed by atoms with Gasteiger partial charge in [0.15, 0.2) is 0 Å². The number of alkyl halides is 1. The van der Waals surface area contributed by atoms with E-state index in [-0.39, 0.29) is 36.4 Å². The third kappa shape index (κ3) is 4.07. The number of halogens is 1. The average Bonchev–Trinajstić information content (AvgIpc) is 3.41. The lowest BCUT2D eigenvalue weighted by Gasteiger charge is -2.37. The number of carbonyl (C=O) groups excluding carboxylic acids is 3. The van der Waals surface area contributed by atoms with Crippen LogP contribution in [0, 0.1) is 11.8 Å². The highest BCUT2D eigenvalue weighted by atomic mass is 79.9. The van der Waals surface area contributed by atoms with Crippen molar-refractivity contribution in [2.45, 2.75) is 48.9 Å². The Bertz CT molecular complexity index is 943. The number of amides is 2. The van der Waals surface area contributed by atoms with Crippen molar-refractivity contribution in [2.75, 3.05) is 26.3 Å². The number of likely N-dealkylation sites (tertiary alicyclic amines) is 1. The second-order valence-corrected chi connectivity index (χ2v) is 10.2. The second-order valence-electron chi connectivity index (χ2n) is 9.02. The van der Waals surface area contributed by atoms with Crippen LogP contribution in [0.2, 0.25) is 0 Å². The van der Waals surface area contributed by atoms with Crippen LogP contribution in [0.25, 0.3) is 0 Å². The van der Waals surface area contributed by atoms with Crippen LogP contribution < -0.4 is 0 Å². The standard InChI is InChI=1S/C25H31BrN2O6/c1-3-11-27(15-16-9-6-5-7-10-16)23(31)21-25-14-17(26)20(34-25)18(24(32)33-4-2)19(25)22(30)28(21)12-8-13-29/h3,5-7,9-10,17-21,29H,1,4,8,11-15H2,2H3/t17?,18-,19+,20-,21-,25+/m0/s1. The summed E-state index contributed by atoms with van der Waals surface area (Å²) in [6.45, 7) is 6.47. The molecule has 1 spiro atoms. The Hall–Kier alpha value is -2.23. The van der Waals surface area contributed by atoms with Crippen molar-refractivity contribution in [3.63, 3.8) is 0 Å². The Morgan fingerprint density at radius 2 is 2.12 bits per heavy atom. The fraction of sp³-hybridized carbons (Fsp3) is 0.560. The first-order valence-electron chi connectivity index (χ1n) is 11.7. The van der Waals surface area contributed by atoms with Crippen LogP contribution in [-0.4, -0.2) is 81.6 Å². The Labute approximate surface area is 208 Å². The summed E-state index contributed by atoms with van der Waals surface area (Å²) in [4.78, 5) is 43.7. The minimum Gasteiger partial charge on any atom is -0.466 e. The first-order chi connectivity index (χ1) is 16.4. The largest absolute Gasteiger partial charge is 0.466 e. The molecule has 8 nitrogen and oxygen atoms in total. The molecule has 34 heavy (non-hydrogen) atoms. The van der Waals surface area contributed by atoms with E-state index in [1.807, 2.05) is 30.3 Å². The Balaban J connectivity index is 1.72. The molecule has 3 aliphatic heterocycles. The van der Waals surface area contributed by atoms with E-state index in [1.54, 1.807) is 17.9 Å².